The lowest BCUT2D eigenvalue weighted by molar-refractivity contribution is 0.190. The molecule has 1 N–H and O–H groups in total. The first-order valence-electron chi connectivity index (χ1n) is 7.11. The van der Waals surface area contributed by atoms with Crippen molar-refractivity contribution in [2.75, 3.05) is 26.2 Å². The fourth-order valence-corrected chi connectivity index (χ4v) is 2.64. The monoisotopic (exact) mass is 247 g/mol. The second-order valence-corrected chi connectivity index (χ2v) is 5.38. The summed E-state index contributed by atoms with van der Waals surface area (Å²) < 4.78 is 0. The molecule has 3 heteroatoms. The zero-order chi connectivity index (χ0) is 12.8. The molecule has 1 aromatic heterocycles. The Morgan fingerprint density at radius 3 is 2.78 bits per heavy atom. The van der Waals surface area contributed by atoms with Crippen LogP contribution in [0, 0.1) is 12.8 Å². The van der Waals surface area contributed by atoms with Crippen LogP contribution in [0.5, 0.6) is 0 Å². The van der Waals surface area contributed by atoms with Gasteiger partial charge in [0.2, 0.25) is 0 Å². The third-order valence-corrected chi connectivity index (χ3v) is 3.85. The van der Waals surface area contributed by atoms with E-state index < -0.39 is 0 Å². The lowest BCUT2D eigenvalue weighted by atomic mass is 9.97. The van der Waals surface area contributed by atoms with Crippen molar-refractivity contribution in [3.05, 3.63) is 29.6 Å². The number of hydrogen-bond donors (Lipinski definition) is 1. The van der Waals surface area contributed by atoms with Gasteiger partial charge in [0.15, 0.2) is 0 Å². The molecule has 0 unspecified atom stereocenters. The molecular weight excluding hydrogens is 222 g/mol. The molecule has 3 nitrogen and oxygen atoms in total. The molecule has 2 rings (SSSR count). The van der Waals surface area contributed by atoms with E-state index >= 15 is 0 Å². The number of hydrogen-bond acceptors (Lipinski definition) is 3. The smallest absolute Gasteiger partial charge is 0.0313 e. The van der Waals surface area contributed by atoms with Gasteiger partial charge in [-0.2, -0.15) is 0 Å². The van der Waals surface area contributed by atoms with Crippen LogP contribution in [0.25, 0.3) is 0 Å². The van der Waals surface area contributed by atoms with E-state index in [4.69, 9.17) is 0 Å². The average Bonchev–Trinajstić information content (AvgIpc) is 2.40. The van der Waals surface area contributed by atoms with Gasteiger partial charge in [-0.05, 0) is 63.0 Å². The number of piperidine rings is 1. The predicted molar refractivity (Wildman–Crippen MR) is 75.5 cm³/mol. The number of nitrogens with one attached hydrogen (secondary N) is 1. The van der Waals surface area contributed by atoms with Crippen molar-refractivity contribution < 1.29 is 0 Å². The zero-order valence-corrected chi connectivity index (χ0v) is 11.7. The number of aromatic nitrogens is 1. The summed E-state index contributed by atoms with van der Waals surface area (Å²) >= 11 is 0. The summed E-state index contributed by atoms with van der Waals surface area (Å²) in [7, 11) is 0. The van der Waals surface area contributed by atoms with Gasteiger partial charge in [0, 0.05) is 18.9 Å². The molecule has 0 aliphatic carbocycles. The third kappa shape index (κ3) is 4.07. The number of pyridine rings is 1. The summed E-state index contributed by atoms with van der Waals surface area (Å²) in [5.41, 5.74) is 2.53. The van der Waals surface area contributed by atoms with E-state index in [-0.39, 0.29) is 0 Å². The van der Waals surface area contributed by atoms with Crippen molar-refractivity contribution in [3.8, 4) is 0 Å². The second kappa shape index (κ2) is 6.86. The Hall–Kier alpha value is -0.930. The molecular formula is C15H25N3. The number of aryl methyl sites for hydroxylation is 1. The molecule has 100 valence electrons. The van der Waals surface area contributed by atoms with E-state index in [1.807, 2.05) is 12.4 Å². The van der Waals surface area contributed by atoms with Gasteiger partial charge in [-0.25, -0.2) is 0 Å². The Kier molecular flexibility index (Phi) is 5.14. The van der Waals surface area contributed by atoms with E-state index in [2.05, 4.69) is 35.1 Å². The first kappa shape index (κ1) is 13.5. The first-order chi connectivity index (χ1) is 8.78. The minimum Gasteiger partial charge on any atom is -0.312 e. The number of likely N-dealkylation sites (tertiary alicyclic amines) is 1. The third-order valence-electron chi connectivity index (χ3n) is 3.85. The summed E-state index contributed by atoms with van der Waals surface area (Å²) in [5, 5.41) is 3.57. The summed E-state index contributed by atoms with van der Waals surface area (Å²) in [6.45, 7) is 10.2. The van der Waals surface area contributed by atoms with Crippen LogP contribution in [0.4, 0.5) is 0 Å². The lowest BCUT2D eigenvalue weighted by Crippen LogP contribution is -2.36. The van der Waals surface area contributed by atoms with Crippen molar-refractivity contribution >= 4 is 0 Å². The summed E-state index contributed by atoms with van der Waals surface area (Å²) in [5.74, 6) is 0.852. The van der Waals surface area contributed by atoms with Crippen molar-refractivity contribution in [1.29, 1.82) is 0 Å². The Morgan fingerprint density at radius 1 is 1.33 bits per heavy atom. The van der Waals surface area contributed by atoms with Crippen LogP contribution in [0.2, 0.25) is 0 Å². The van der Waals surface area contributed by atoms with E-state index in [1.165, 1.54) is 43.6 Å². The van der Waals surface area contributed by atoms with Crippen LogP contribution < -0.4 is 5.32 Å². The summed E-state index contributed by atoms with van der Waals surface area (Å²) in [6.07, 6.45) is 6.55. The van der Waals surface area contributed by atoms with Gasteiger partial charge < -0.3 is 10.2 Å². The number of rotatable bonds is 5. The molecule has 0 bridgehead atoms. The minimum absolute atomic E-state index is 0.852. The average molecular weight is 247 g/mol. The standard InChI is InChI=1S/C15H25N3/c1-3-18-6-4-14(5-7-18)10-17-12-15-8-13(2)9-16-11-15/h8-9,11,14,17H,3-7,10,12H2,1-2H3. The highest BCUT2D eigenvalue weighted by Crippen LogP contribution is 2.16. The fourth-order valence-electron chi connectivity index (χ4n) is 2.64. The van der Waals surface area contributed by atoms with Gasteiger partial charge in [-0.1, -0.05) is 13.0 Å². The molecule has 2 heterocycles. The van der Waals surface area contributed by atoms with Crippen LogP contribution >= 0.6 is 0 Å². The van der Waals surface area contributed by atoms with E-state index in [0.29, 0.717) is 0 Å². The Balaban J connectivity index is 1.67. The first-order valence-corrected chi connectivity index (χ1v) is 7.11. The Bertz CT molecular complexity index is 357. The topological polar surface area (TPSA) is 28.2 Å². The molecule has 0 spiro atoms. The van der Waals surface area contributed by atoms with Crippen molar-refractivity contribution in [2.24, 2.45) is 5.92 Å². The van der Waals surface area contributed by atoms with Crippen LogP contribution in [0.15, 0.2) is 18.5 Å². The fraction of sp³-hybridized carbons (Fsp3) is 0.667. The summed E-state index contributed by atoms with van der Waals surface area (Å²) in [6, 6.07) is 2.21. The molecule has 18 heavy (non-hydrogen) atoms. The molecule has 1 aromatic rings. The van der Waals surface area contributed by atoms with Gasteiger partial charge in [-0.3, -0.25) is 4.98 Å². The maximum Gasteiger partial charge on any atom is 0.0313 e. The molecule has 0 atom stereocenters. The van der Waals surface area contributed by atoms with Gasteiger partial charge >= 0.3 is 0 Å². The van der Waals surface area contributed by atoms with E-state index in [0.717, 1.165) is 19.0 Å². The molecule has 1 fully saturated rings. The lowest BCUT2D eigenvalue weighted by Gasteiger charge is -2.31. The molecule has 0 saturated carbocycles. The molecule has 1 aliphatic heterocycles. The number of nitrogens with zero attached hydrogens (tertiary/aromatic N) is 2. The highest BCUT2D eigenvalue weighted by molar-refractivity contribution is 5.16. The van der Waals surface area contributed by atoms with Crippen LogP contribution in [-0.2, 0) is 6.54 Å². The Labute approximate surface area is 111 Å². The second-order valence-electron chi connectivity index (χ2n) is 5.38. The van der Waals surface area contributed by atoms with Crippen LogP contribution in [0.3, 0.4) is 0 Å². The van der Waals surface area contributed by atoms with Gasteiger partial charge in [0.05, 0.1) is 0 Å². The predicted octanol–water partition coefficient (Wildman–Crippen LogP) is 2.21. The van der Waals surface area contributed by atoms with E-state index in [1.54, 1.807) is 0 Å². The highest BCUT2D eigenvalue weighted by Gasteiger charge is 2.17. The van der Waals surface area contributed by atoms with Gasteiger partial charge in [-0.15, -0.1) is 0 Å². The van der Waals surface area contributed by atoms with Crippen LogP contribution in [0.1, 0.15) is 30.9 Å². The normalized spacial score (nSPS) is 18.1. The van der Waals surface area contributed by atoms with Gasteiger partial charge in [0.25, 0.3) is 0 Å². The Morgan fingerprint density at radius 2 is 2.11 bits per heavy atom. The van der Waals surface area contributed by atoms with E-state index in [9.17, 15) is 0 Å². The quantitative estimate of drug-likeness (QED) is 0.864. The molecule has 0 aromatic carbocycles. The largest absolute Gasteiger partial charge is 0.312 e. The van der Waals surface area contributed by atoms with Crippen LogP contribution in [-0.4, -0.2) is 36.1 Å². The maximum atomic E-state index is 4.22. The zero-order valence-electron chi connectivity index (χ0n) is 11.7. The summed E-state index contributed by atoms with van der Waals surface area (Å²) in [4.78, 5) is 6.77. The highest BCUT2D eigenvalue weighted by atomic mass is 15.1. The molecule has 0 radical (unpaired) electrons. The SMILES string of the molecule is CCN1CCC(CNCc2cncc(C)c2)CC1. The molecule has 0 amide bonds. The molecule has 1 aliphatic rings. The molecule has 1 saturated heterocycles. The van der Waals surface area contributed by atoms with Crippen molar-refractivity contribution in [1.82, 2.24) is 15.2 Å². The maximum absolute atomic E-state index is 4.22. The van der Waals surface area contributed by atoms with Crippen molar-refractivity contribution in [2.45, 2.75) is 33.2 Å². The van der Waals surface area contributed by atoms with Gasteiger partial charge in [0.1, 0.15) is 0 Å². The minimum atomic E-state index is 0.852. The van der Waals surface area contributed by atoms with Crippen molar-refractivity contribution in [3.63, 3.8) is 0 Å².